The van der Waals surface area contributed by atoms with Gasteiger partial charge >= 0.3 is 0 Å². The van der Waals surface area contributed by atoms with Gasteiger partial charge in [-0.3, -0.25) is 0 Å². The van der Waals surface area contributed by atoms with Gasteiger partial charge in [0.15, 0.2) is 6.29 Å². The Morgan fingerprint density at radius 1 is 1.26 bits per heavy atom. The number of imidazole rings is 1. The number of ether oxygens (including phenoxy) is 2. The number of hydrogen-bond acceptors (Lipinski definition) is 3. The second-order valence-electron chi connectivity index (χ2n) is 4.84. The van der Waals surface area contributed by atoms with E-state index in [1.165, 1.54) is 5.52 Å². The second kappa shape index (κ2) is 5.72. The largest absolute Gasteiger partial charge is 0.353 e. The van der Waals surface area contributed by atoms with Crippen molar-refractivity contribution < 1.29 is 9.47 Å². The normalized spacial score (nSPS) is 17.1. The molecular formula is C15H20N2O2. The lowest BCUT2D eigenvalue weighted by Gasteiger charge is -2.23. The van der Waals surface area contributed by atoms with E-state index in [2.05, 4.69) is 34.7 Å². The third-order valence-electron chi connectivity index (χ3n) is 3.53. The first-order valence-corrected chi connectivity index (χ1v) is 7.06. The van der Waals surface area contributed by atoms with E-state index in [0.717, 1.165) is 50.4 Å². The maximum atomic E-state index is 5.61. The number of aromatic nitrogens is 2. The standard InChI is InChI=1S/C15H20N2O2/c1-2-14-16-12-6-3-4-7-13(12)17(14)9-8-15-18-10-5-11-19-15/h3-4,6-7,15H,2,5,8-11H2,1H3. The lowest BCUT2D eigenvalue weighted by Crippen LogP contribution is -2.26. The molecule has 1 aromatic heterocycles. The molecule has 0 amide bonds. The van der Waals surface area contributed by atoms with Gasteiger partial charge in [-0.25, -0.2) is 4.98 Å². The van der Waals surface area contributed by atoms with E-state index in [0.29, 0.717) is 0 Å². The minimum absolute atomic E-state index is 0.0559. The predicted octanol–water partition coefficient (Wildman–Crippen LogP) is 2.75. The van der Waals surface area contributed by atoms with Crippen LogP contribution in [0.25, 0.3) is 11.0 Å². The van der Waals surface area contributed by atoms with Gasteiger partial charge in [-0.15, -0.1) is 0 Å². The molecule has 19 heavy (non-hydrogen) atoms. The molecule has 1 aromatic carbocycles. The smallest absolute Gasteiger partial charge is 0.159 e. The van der Waals surface area contributed by atoms with E-state index in [4.69, 9.17) is 9.47 Å². The monoisotopic (exact) mass is 260 g/mol. The van der Waals surface area contributed by atoms with Crippen molar-refractivity contribution >= 4 is 11.0 Å². The molecule has 0 spiro atoms. The van der Waals surface area contributed by atoms with Crippen molar-refractivity contribution in [2.75, 3.05) is 13.2 Å². The Morgan fingerprint density at radius 2 is 2.05 bits per heavy atom. The fourth-order valence-electron chi connectivity index (χ4n) is 2.58. The molecule has 1 saturated heterocycles. The molecule has 0 atom stereocenters. The maximum Gasteiger partial charge on any atom is 0.159 e. The lowest BCUT2D eigenvalue weighted by atomic mass is 10.3. The van der Waals surface area contributed by atoms with Crippen molar-refractivity contribution in [3.05, 3.63) is 30.1 Å². The van der Waals surface area contributed by atoms with Gasteiger partial charge in [0.05, 0.1) is 24.2 Å². The van der Waals surface area contributed by atoms with Crippen LogP contribution in [-0.4, -0.2) is 29.1 Å². The fraction of sp³-hybridized carbons (Fsp3) is 0.533. The van der Waals surface area contributed by atoms with Gasteiger partial charge in [-0.2, -0.15) is 0 Å². The molecule has 102 valence electrons. The first-order valence-electron chi connectivity index (χ1n) is 7.06. The van der Waals surface area contributed by atoms with E-state index in [1.54, 1.807) is 0 Å². The van der Waals surface area contributed by atoms with Crippen LogP contribution in [0.2, 0.25) is 0 Å². The summed E-state index contributed by atoms with van der Waals surface area (Å²) in [5.74, 6) is 1.14. The summed E-state index contributed by atoms with van der Waals surface area (Å²) >= 11 is 0. The number of benzene rings is 1. The van der Waals surface area contributed by atoms with E-state index in [1.807, 2.05) is 6.07 Å². The minimum Gasteiger partial charge on any atom is -0.353 e. The molecule has 0 N–H and O–H groups in total. The summed E-state index contributed by atoms with van der Waals surface area (Å²) in [6, 6.07) is 8.29. The van der Waals surface area contributed by atoms with Crippen LogP contribution in [0.15, 0.2) is 24.3 Å². The summed E-state index contributed by atoms with van der Waals surface area (Å²) in [5, 5.41) is 0. The van der Waals surface area contributed by atoms with Gasteiger partial charge in [0.25, 0.3) is 0 Å². The first-order chi connectivity index (χ1) is 9.38. The molecule has 1 aliphatic heterocycles. The minimum atomic E-state index is -0.0559. The van der Waals surface area contributed by atoms with Crippen LogP contribution in [0.3, 0.4) is 0 Å². The zero-order valence-corrected chi connectivity index (χ0v) is 11.3. The van der Waals surface area contributed by atoms with Crippen molar-refractivity contribution in [3.8, 4) is 0 Å². The Kier molecular flexibility index (Phi) is 3.80. The highest BCUT2D eigenvalue weighted by Gasteiger charge is 2.16. The maximum absolute atomic E-state index is 5.61. The average Bonchev–Trinajstić information content (AvgIpc) is 2.84. The van der Waals surface area contributed by atoms with E-state index >= 15 is 0 Å². The summed E-state index contributed by atoms with van der Waals surface area (Å²) in [6.07, 6.45) is 2.78. The van der Waals surface area contributed by atoms with Gasteiger partial charge in [-0.05, 0) is 18.6 Å². The molecular weight excluding hydrogens is 240 g/mol. The third-order valence-corrected chi connectivity index (χ3v) is 3.53. The van der Waals surface area contributed by atoms with Crippen LogP contribution in [0.5, 0.6) is 0 Å². The lowest BCUT2D eigenvalue weighted by molar-refractivity contribution is -0.182. The van der Waals surface area contributed by atoms with Crippen LogP contribution in [0.1, 0.15) is 25.6 Å². The van der Waals surface area contributed by atoms with Crippen LogP contribution in [0, 0.1) is 0 Å². The zero-order valence-electron chi connectivity index (χ0n) is 11.3. The van der Waals surface area contributed by atoms with Crippen LogP contribution in [0.4, 0.5) is 0 Å². The van der Waals surface area contributed by atoms with Crippen molar-refractivity contribution in [2.24, 2.45) is 0 Å². The van der Waals surface area contributed by atoms with Crippen molar-refractivity contribution in [1.29, 1.82) is 0 Å². The Bertz CT molecular complexity index is 544. The van der Waals surface area contributed by atoms with Gasteiger partial charge in [-0.1, -0.05) is 19.1 Å². The third kappa shape index (κ3) is 2.65. The van der Waals surface area contributed by atoms with Crippen LogP contribution >= 0.6 is 0 Å². The van der Waals surface area contributed by atoms with Gasteiger partial charge in [0.2, 0.25) is 0 Å². The van der Waals surface area contributed by atoms with Crippen molar-refractivity contribution in [1.82, 2.24) is 9.55 Å². The highest BCUT2D eigenvalue weighted by Crippen LogP contribution is 2.18. The van der Waals surface area contributed by atoms with Gasteiger partial charge in [0.1, 0.15) is 5.82 Å². The molecule has 2 heterocycles. The zero-order chi connectivity index (χ0) is 13.1. The highest BCUT2D eigenvalue weighted by atomic mass is 16.7. The predicted molar refractivity (Wildman–Crippen MR) is 74.0 cm³/mol. The molecule has 3 rings (SSSR count). The Morgan fingerprint density at radius 3 is 2.84 bits per heavy atom. The molecule has 1 aliphatic rings. The number of nitrogens with zero attached hydrogens (tertiary/aromatic N) is 2. The average molecular weight is 260 g/mol. The van der Waals surface area contributed by atoms with E-state index < -0.39 is 0 Å². The van der Waals surface area contributed by atoms with Crippen molar-refractivity contribution in [2.45, 2.75) is 39.0 Å². The summed E-state index contributed by atoms with van der Waals surface area (Å²) < 4.78 is 13.5. The Hall–Kier alpha value is -1.39. The van der Waals surface area contributed by atoms with Crippen LogP contribution in [-0.2, 0) is 22.4 Å². The highest BCUT2D eigenvalue weighted by molar-refractivity contribution is 5.75. The van der Waals surface area contributed by atoms with Crippen molar-refractivity contribution in [3.63, 3.8) is 0 Å². The molecule has 0 saturated carbocycles. The SMILES string of the molecule is CCc1nc2ccccc2n1CCC1OCCCO1. The number of para-hydroxylation sites is 2. The first kappa shape index (κ1) is 12.6. The molecule has 4 nitrogen and oxygen atoms in total. The van der Waals surface area contributed by atoms with E-state index in [9.17, 15) is 0 Å². The quantitative estimate of drug-likeness (QED) is 0.848. The summed E-state index contributed by atoms with van der Waals surface area (Å²) in [5.41, 5.74) is 2.28. The summed E-state index contributed by atoms with van der Waals surface area (Å²) in [4.78, 5) is 4.68. The molecule has 2 aromatic rings. The molecule has 0 unspecified atom stereocenters. The Balaban J connectivity index is 1.78. The molecule has 0 bridgehead atoms. The molecule has 1 fully saturated rings. The van der Waals surface area contributed by atoms with Gasteiger partial charge < -0.3 is 14.0 Å². The molecule has 0 aliphatic carbocycles. The summed E-state index contributed by atoms with van der Waals surface area (Å²) in [6.45, 7) is 4.67. The Labute approximate surface area is 113 Å². The second-order valence-corrected chi connectivity index (χ2v) is 4.84. The fourth-order valence-corrected chi connectivity index (χ4v) is 2.58. The van der Waals surface area contributed by atoms with E-state index in [-0.39, 0.29) is 6.29 Å². The molecule has 4 heteroatoms. The number of aryl methyl sites for hydroxylation is 2. The topological polar surface area (TPSA) is 36.3 Å². The number of hydrogen-bond donors (Lipinski definition) is 0. The number of rotatable bonds is 4. The molecule has 0 radical (unpaired) electrons. The number of fused-ring (bicyclic) bond motifs is 1. The van der Waals surface area contributed by atoms with Gasteiger partial charge in [0, 0.05) is 19.4 Å². The van der Waals surface area contributed by atoms with Crippen LogP contribution < -0.4 is 0 Å². The summed E-state index contributed by atoms with van der Waals surface area (Å²) in [7, 11) is 0.